The Morgan fingerprint density at radius 2 is 2.06 bits per heavy atom. The van der Waals surface area contributed by atoms with Crippen LogP contribution in [0.3, 0.4) is 0 Å². The molecule has 0 bridgehead atoms. The molecule has 5 nitrogen and oxygen atoms in total. The molecule has 0 spiro atoms. The highest BCUT2D eigenvalue weighted by Gasteiger charge is 2.19. The maximum atomic E-state index is 4.28. The fourth-order valence-corrected chi connectivity index (χ4v) is 1.47. The molecule has 1 rings (SSSR count). The van der Waals surface area contributed by atoms with Gasteiger partial charge in [-0.15, -0.1) is 0 Å². The summed E-state index contributed by atoms with van der Waals surface area (Å²) in [5.74, 6) is 0.995. The van der Waals surface area contributed by atoms with Crippen molar-refractivity contribution in [3.05, 3.63) is 12.2 Å². The van der Waals surface area contributed by atoms with Gasteiger partial charge in [-0.2, -0.15) is 5.10 Å². The normalized spacial score (nSPS) is 12.7. The highest BCUT2D eigenvalue weighted by molar-refractivity contribution is 4.87. The van der Waals surface area contributed by atoms with Crippen molar-refractivity contribution in [2.45, 2.75) is 45.8 Å². The summed E-state index contributed by atoms with van der Waals surface area (Å²) >= 11 is 0. The Bertz CT molecular complexity index is 340. The lowest BCUT2D eigenvalue weighted by Crippen LogP contribution is -2.46. The monoisotopic (exact) mass is 239 g/mol. The zero-order valence-electron chi connectivity index (χ0n) is 11.9. The first-order valence-corrected chi connectivity index (χ1v) is 6.11. The fraction of sp³-hybridized carbons (Fsp3) is 0.833. The van der Waals surface area contributed by atoms with Gasteiger partial charge in [-0.3, -0.25) is 0 Å². The second-order valence-electron chi connectivity index (χ2n) is 5.52. The largest absolute Gasteiger partial charge is 0.308 e. The molecule has 1 N–H and O–H groups in total. The minimum Gasteiger partial charge on any atom is -0.308 e. The zero-order valence-corrected chi connectivity index (χ0v) is 11.9. The van der Waals surface area contributed by atoms with Crippen molar-refractivity contribution in [1.29, 1.82) is 0 Å². The summed E-state index contributed by atoms with van der Waals surface area (Å²) in [5, 5.41) is 7.66. The van der Waals surface area contributed by atoms with Gasteiger partial charge < -0.3 is 10.2 Å². The van der Waals surface area contributed by atoms with Gasteiger partial charge in [0.2, 0.25) is 0 Å². The number of rotatable bonds is 6. The Morgan fingerprint density at radius 1 is 1.41 bits per heavy atom. The van der Waals surface area contributed by atoms with Crippen molar-refractivity contribution in [2.24, 2.45) is 0 Å². The summed E-state index contributed by atoms with van der Waals surface area (Å²) in [7, 11) is 4.19. The average molecular weight is 239 g/mol. The van der Waals surface area contributed by atoms with Gasteiger partial charge in [-0.1, -0.05) is 0 Å². The molecule has 1 heterocycles. The van der Waals surface area contributed by atoms with Crippen LogP contribution in [0.4, 0.5) is 0 Å². The van der Waals surface area contributed by atoms with Crippen molar-refractivity contribution < 1.29 is 0 Å². The standard InChI is InChI=1S/C12H25N5/c1-10(2)17-11(14-9-15-17)7-13-8-12(3,4)16(5)6/h9-10,13H,7-8H2,1-6H3. The summed E-state index contributed by atoms with van der Waals surface area (Å²) in [5.41, 5.74) is 0.142. The van der Waals surface area contributed by atoms with E-state index in [9.17, 15) is 0 Å². The topological polar surface area (TPSA) is 46.0 Å². The van der Waals surface area contributed by atoms with Crippen LogP contribution in [0.2, 0.25) is 0 Å². The third-order valence-corrected chi connectivity index (χ3v) is 3.19. The SMILES string of the molecule is CC(C)n1ncnc1CNCC(C)(C)N(C)C. The summed E-state index contributed by atoms with van der Waals surface area (Å²) in [6.07, 6.45) is 1.62. The molecule has 5 heteroatoms. The molecular formula is C12H25N5. The first-order chi connectivity index (χ1) is 7.84. The predicted molar refractivity (Wildman–Crippen MR) is 69.9 cm³/mol. The van der Waals surface area contributed by atoms with Crippen molar-refractivity contribution >= 4 is 0 Å². The number of nitrogens with one attached hydrogen (secondary N) is 1. The molecule has 0 aliphatic heterocycles. The minimum absolute atomic E-state index is 0.142. The van der Waals surface area contributed by atoms with Crippen LogP contribution in [-0.2, 0) is 6.54 Å². The molecule has 0 saturated heterocycles. The molecule has 17 heavy (non-hydrogen) atoms. The molecule has 0 radical (unpaired) electrons. The number of nitrogens with zero attached hydrogens (tertiary/aromatic N) is 4. The Hall–Kier alpha value is -0.940. The van der Waals surface area contributed by atoms with E-state index in [1.165, 1.54) is 0 Å². The number of hydrogen-bond donors (Lipinski definition) is 1. The van der Waals surface area contributed by atoms with E-state index < -0.39 is 0 Å². The fourth-order valence-electron chi connectivity index (χ4n) is 1.47. The number of aromatic nitrogens is 3. The van der Waals surface area contributed by atoms with E-state index in [2.05, 4.69) is 62.1 Å². The van der Waals surface area contributed by atoms with Crippen molar-refractivity contribution in [3.8, 4) is 0 Å². The molecule has 0 saturated carbocycles. The van der Waals surface area contributed by atoms with Crippen LogP contribution in [0, 0.1) is 0 Å². The second kappa shape index (κ2) is 5.60. The highest BCUT2D eigenvalue weighted by atomic mass is 15.4. The van der Waals surface area contributed by atoms with Crippen LogP contribution in [-0.4, -0.2) is 45.8 Å². The molecule has 0 aromatic carbocycles. The van der Waals surface area contributed by atoms with Gasteiger partial charge in [0.05, 0.1) is 6.54 Å². The molecular weight excluding hydrogens is 214 g/mol. The molecule has 0 aliphatic carbocycles. The molecule has 0 fully saturated rings. The Balaban J connectivity index is 2.49. The van der Waals surface area contributed by atoms with Crippen LogP contribution < -0.4 is 5.32 Å². The van der Waals surface area contributed by atoms with Crippen LogP contribution in [0.15, 0.2) is 6.33 Å². The Kier molecular flexibility index (Phi) is 4.65. The molecule has 0 atom stereocenters. The quantitative estimate of drug-likeness (QED) is 0.812. The summed E-state index contributed by atoms with van der Waals surface area (Å²) in [6.45, 7) is 10.3. The molecule has 98 valence electrons. The summed E-state index contributed by atoms with van der Waals surface area (Å²) in [6, 6.07) is 0.358. The van der Waals surface area contributed by atoms with E-state index in [1.54, 1.807) is 6.33 Å². The van der Waals surface area contributed by atoms with E-state index in [0.717, 1.165) is 18.9 Å². The highest BCUT2D eigenvalue weighted by Crippen LogP contribution is 2.09. The van der Waals surface area contributed by atoms with Crippen LogP contribution in [0.5, 0.6) is 0 Å². The smallest absolute Gasteiger partial charge is 0.141 e. The Labute approximate surface area is 104 Å². The van der Waals surface area contributed by atoms with Crippen molar-refractivity contribution in [1.82, 2.24) is 25.0 Å². The van der Waals surface area contributed by atoms with E-state index in [1.807, 2.05) is 4.68 Å². The Morgan fingerprint density at radius 3 is 2.59 bits per heavy atom. The van der Waals surface area contributed by atoms with Crippen LogP contribution in [0.1, 0.15) is 39.6 Å². The lowest BCUT2D eigenvalue weighted by Gasteiger charge is -2.32. The minimum atomic E-state index is 0.142. The summed E-state index contributed by atoms with van der Waals surface area (Å²) in [4.78, 5) is 6.49. The van der Waals surface area contributed by atoms with Gasteiger partial charge in [-0.25, -0.2) is 9.67 Å². The lowest BCUT2D eigenvalue weighted by atomic mass is 10.0. The summed E-state index contributed by atoms with van der Waals surface area (Å²) < 4.78 is 1.95. The van der Waals surface area contributed by atoms with Gasteiger partial charge >= 0.3 is 0 Å². The maximum Gasteiger partial charge on any atom is 0.141 e. The van der Waals surface area contributed by atoms with Gasteiger partial charge in [-0.05, 0) is 41.8 Å². The third-order valence-electron chi connectivity index (χ3n) is 3.19. The average Bonchev–Trinajstić information content (AvgIpc) is 2.65. The van der Waals surface area contributed by atoms with E-state index in [-0.39, 0.29) is 5.54 Å². The van der Waals surface area contributed by atoms with Gasteiger partial charge in [0.15, 0.2) is 0 Å². The van der Waals surface area contributed by atoms with Gasteiger partial charge in [0.1, 0.15) is 12.2 Å². The zero-order chi connectivity index (χ0) is 13.1. The lowest BCUT2D eigenvalue weighted by molar-refractivity contribution is 0.189. The first-order valence-electron chi connectivity index (χ1n) is 6.11. The molecule has 1 aromatic heterocycles. The molecule has 1 aromatic rings. The van der Waals surface area contributed by atoms with Gasteiger partial charge in [0, 0.05) is 18.1 Å². The van der Waals surface area contributed by atoms with Crippen molar-refractivity contribution in [2.75, 3.05) is 20.6 Å². The molecule has 0 amide bonds. The van der Waals surface area contributed by atoms with Crippen LogP contribution in [0.25, 0.3) is 0 Å². The first kappa shape index (κ1) is 14.1. The van der Waals surface area contributed by atoms with Crippen LogP contribution >= 0.6 is 0 Å². The number of hydrogen-bond acceptors (Lipinski definition) is 4. The second-order valence-corrected chi connectivity index (χ2v) is 5.52. The predicted octanol–water partition coefficient (Wildman–Crippen LogP) is 1.29. The maximum absolute atomic E-state index is 4.28. The van der Waals surface area contributed by atoms with E-state index >= 15 is 0 Å². The van der Waals surface area contributed by atoms with Crippen molar-refractivity contribution in [3.63, 3.8) is 0 Å². The molecule has 0 aliphatic rings. The van der Waals surface area contributed by atoms with E-state index in [4.69, 9.17) is 0 Å². The van der Waals surface area contributed by atoms with Gasteiger partial charge in [0.25, 0.3) is 0 Å². The molecule has 0 unspecified atom stereocenters. The van der Waals surface area contributed by atoms with E-state index in [0.29, 0.717) is 6.04 Å². The third kappa shape index (κ3) is 3.78. The number of likely N-dealkylation sites (N-methyl/N-ethyl adjacent to an activating group) is 1.